The second-order valence-electron chi connectivity index (χ2n) is 5.53. The average molecular weight is 387 g/mol. The fourth-order valence-corrected chi connectivity index (χ4v) is 3.01. The van der Waals surface area contributed by atoms with Gasteiger partial charge in [-0.3, -0.25) is 4.79 Å². The summed E-state index contributed by atoms with van der Waals surface area (Å²) in [6.07, 6.45) is 2.00. The SMILES string of the molecule is CCC1(CC)CC(=O)c2cc(Br)c(OCOCCOC)cc2O1. The van der Waals surface area contributed by atoms with E-state index in [1.807, 2.05) is 13.8 Å². The molecular formula is C17H23BrO5. The number of ether oxygens (including phenoxy) is 4. The molecule has 0 unspecified atom stereocenters. The zero-order valence-electron chi connectivity index (χ0n) is 13.8. The Balaban J connectivity index is 2.14. The highest BCUT2D eigenvalue weighted by molar-refractivity contribution is 9.10. The third kappa shape index (κ3) is 4.25. The zero-order valence-corrected chi connectivity index (χ0v) is 15.4. The molecule has 5 nitrogen and oxygen atoms in total. The molecule has 2 rings (SSSR count). The predicted molar refractivity (Wildman–Crippen MR) is 90.4 cm³/mol. The van der Waals surface area contributed by atoms with Crippen LogP contribution in [0.15, 0.2) is 16.6 Å². The number of fused-ring (bicyclic) bond motifs is 1. The number of methoxy groups -OCH3 is 1. The van der Waals surface area contributed by atoms with Crippen LogP contribution in [0.3, 0.4) is 0 Å². The summed E-state index contributed by atoms with van der Waals surface area (Å²) in [5.74, 6) is 1.29. The summed E-state index contributed by atoms with van der Waals surface area (Å²) < 4.78 is 22.7. The number of halogens is 1. The summed E-state index contributed by atoms with van der Waals surface area (Å²) in [5, 5.41) is 0. The molecule has 0 bridgehead atoms. The van der Waals surface area contributed by atoms with E-state index >= 15 is 0 Å². The standard InChI is InChI=1S/C17H23BrO5/c1-4-17(5-2)10-14(19)12-8-13(18)16(9-15(12)23-17)22-11-21-7-6-20-3/h8-9H,4-7,10-11H2,1-3H3. The highest BCUT2D eigenvalue weighted by Crippen LogP contribution is 2.41. The van der Waals surface area contributed by atoms with Gasteiger partial charge in [0.1, 0.15) is 17.1 Å². The second-order valence-corrected chi connectivity index (χ2v) is 6.39. The van der Waals surface area contributed by atoms with Crippen molar-refractivity contribution in [2.24, 2.45) is 0 Å². The van der Waals surface area contributed by atoms with Gasteiger partial charge in [0.15, 0.2) is 12.6 Å². The van der Waals surface area contributed by atoms with Gasteiger partial charge in [-0.25, -0.2) is 0 Å². The number of hydrogen-bond acceptors (Lipinski definition) is 5. The van der Waals surface area contributed by atoms with E-state index in [1.165, 1.54) is 0 Å². The molecule has 0 amide bonds. The Kier molecular flexibility index (Phi) is 6.44. The Labute approximate surface area is 145 Å². The van der Waals surface area contributed by atoms with Crippen LogP contribution >= 0.6 is 15.9 Å². The van der Waals surface area contributed by atoms with Crippen LogP contribution in [0.4, 0.5) is 0 Å². The molecule has 0 spiro atoms. The van der Waals surface area contributed by atoms with Crippen LogP contribution in [-0.2, 0) is 9.47 Å². The largest absolute Gasteiger partial charge is 0.486 e. The Morgan fingerprint density at radius 1 is 1.26 bits per heavy atom. The van der Waals surface area contributed by atoms with Crippen molar-refractivity contribution in [3.63, 3.8) is 0 Å². The van der Waals surface area contributed by atoms with Gasteiger partial charge in [0.25, 0.3) is 0 Å². The molecule has 1 aliphatic rings. The molecule has 23 heavy (non-hydrogen) atoms. The van der Waals surface area contributed by atoms with Gasteiger partial charge in [-0.2, -0.15) is 0 Å². The fraction of sp³-hybridized carbons (Fsp3) is 0.588. The lowest BCUT2D eigenvalue weighted by Gasteiger charge is -2.36. The van der Waals surface area contributed by atoms with E-state index in [4.69, 9.17) is 18.9 Å². The monoisotopic (exact) mass is 386 g/mol. The molecule has 0 fully saturated rings. The lowest BCUT2D eigenvalue weighted by molar-refractivity contribution is -0.00926. The van der Waals surface area contributed by atoms with Crippen molar-refractivity contribution in [2.75, 3.05) is 27.1 Å². The van der Waals surface area contributed by atoms with E-state index in [1.54, 1.807) is 19.2 Å². The molecule has 6 heteroatoms. The van der Waals surface area contributed by atoms with E-state index in [0.717, 1.165) is 12.8 Å². The lowest BCUT2D eigenvalue weighted by atomic mass is 9.86. The van der Waals surface area contributed by atoms with Crippen LogP contribution < -0.4 is 9.47 Å². The smallest absolute Gasteiger partial charge is 0.189 e. The van der Waals surface area contributed by atoms with Gasteiger partial charge in [0.05, 0.1) is 29.7 Å². The number of rotatable bonds is 8. The number of hydrogen-bond donors (Lipinski definition) is 0. The van der Waals surface area contributed by atoms with E-state index in [2.05, 4.69) is 15.9 Å². The van der Waals surface area contributed by atoms with Crippen LogP contribution in [0.25, 0.3) is 0 Å². The van der Waals surface area contributed by atoms with Crippen molar-refractivity contribution in [2.45, 2.75) is 38.7 Å². The van der Waals surface area contributed by atoms with Crippen LogP contribution in [0.1, 0.15) is 43.5 Å². The minimum absolute atomic E-state index is 0.110. The van der Waals surface area contributed by atoms with E-state index in [-0.39, 0.29) is 12.6 Å². The van der Waals surface area contributed by atoms with Gasteiger partial charge in [-0.05, 0) is 34.8 Å². The summed E-state index contributed by atoms with van der Waals surface area (Å²) in [7, 11) is 1.62. The Morgan fingerprint density at radius 3 is 2.65 bits per heavy atom. The topological polar surface area (TPSA) is 54.0 Å². The zero-order chi connectivity index (χ0) is 16.9. The molecule has 0 radical (unpaired) electrons. The van der Waals surface area contributed by atoms with Crippen LogP contribution in [0.5, 0.6) is 11.5 Å². The molecule has 0 aliphatic carbocycles. The maximum atomic E-state index is 12.4. The summed E-state index contributed by atoms with van der Waals surface area (Å²) >= 11 is 3.44. The first-order chi connectivity index (χ1) is 11.0. The molecule has 0 saturated carbocycles. The summed E-state index contributed by atoms with van der Waals surface area (Å²) in [5.41, 5.74) is 0.187. The lowest BCUT2D eigenvalue weighted by Crippen LogP contribution is -2.40. The van der Waals surface area contributed by atoms with Crippen LogP contribution in [0, 0.1) is 0 Å². The molecule has 0 aromatic heterocycles. The van der Waals surface area contributed by atoms with Crippen molar-refractivity contribution in [3.05, 3.63) is 22.2 Å². The number of benzene rings is 1. The fourth-order valence-electron chi connectivity index (χ4n) is 2.56. The molecule has 0 saturated heterocycles. The normalized spacial score (nSPS) is 15.9. The van der Waals surface area contributed by atoms with Gasteiger partial charge < -0.3 is 18.9 Å². The Bertz CT molecular complexity index is 554. The summed E-state index contributed by atoms with van der Waals surface area (Å²) in [6, 6.07) is 3.52. The van der Waals surface area contributed by atoms with E-state index in [0.29, 0.717) is 41.2 Å². The van der Waals surface area contributed by atoms with E-state index < -0.39 is 5.60 Å². The van der Waals surface area contributed by atoms with Gasteiger partial charge in [-0.15, -0.1) is 0 Å². The van der Waals surface area contributed by atoms with Gasteiger partial charge in [0, 0.05) is 13.2 Å². The Morgan fingerprint density at radius 2 is 2.00 bits per heavy atom. The first-order valence-corrected chi connectivity index (χ1v) is 8.59. The first-order valence-electron chi connectivity index (χ1n) is 7.80. The van der Waals surface area contributed by atoms with E-state index in [9.17, 15) is 4.79 Å². The van der Waals surface area contributed by atoms with Crippen LogP contribution in [-0.4, -0.2) is 38.5 Å². The number of carbonyl (C=O) groups is 1. The summed E-state index contributed by atoms with van der Waals surface area (Å²) in [6.45, 7) is 5.18. The number of ketones is 1. The number of carbonyl (C=O) groups excluding carboxylic acids is 1. The molecule has 1 aromatic carbocycles. The van der Waals surface area contributed by atoms with Gasteiger partial charge in [0.2, 0.25) is 0 Å². The van der Waals surface area contributed by atoms with Crippen molar-refractivity contribution in [1.29, 1.82) is 0 Å². The highest BCUT2D eigenvalue weighted by Gasteiger charge is 2.38. The van der Waals surface area contributed by atoms with Crippen molar-refractivity contribution in [1.82, 2.24) is 0 Å². The van der Waals surface area contributed by atoms with Gasteiger partial charge in [-0.1, -0.05) is 13.8 Å². The van der Waals surface area contributed by atoms with Crippen LogP contribution in [0.2, 0.25) is 0 Å². The molecular weight excluding hydrogens is 364 g/mol. The third-order valence-corrected chi connectivity index (χ3v) is 4.78. The molecule has 1 aliphatic heterocycles. The quantitative estimate of drug-likeness (QED) is 0.499. The molecule has 1 aromatic rings. The molecule has 128 valence electrons. The Hall–Kier alpha value is -1.11. The first kappa shape index (κ1) is 18.2. The number of Topliss-reactive ketones (excluding diaryl/α,β-unsaturated/α-hetero) is 1. The van der Waals surface area contributed by atoms with Gasteiger partial charge >= 0.3 is 0 Å². The molecule has 1 heterocycles. The maximum absolute atomic E-state index is 12.4. The predicted octanol–water partition coefficient (Wildman–Crippen LogP) is 3.97. The second kappa shape index (κ2) is 8.13. The maximum Gasteiger partial charge on any atom is 0.189 e. The minimum Gasteiger partial charge on any atom is -0.486 e. The van der Waals surface area contributed by atoms with Crippen molar-refractivity contribution >= 4 is 21.7 Å². The van der Waals surface area contributed by atoms with Crippen molar-refractivity contribution in [3.8, 4) is 11.5 Å². The van der Waals surface area contributed by atoms with Crippen molar-refractivity contribution < 1.29 is 23.7 Å². The average Bonchev–Trinajstić information content (AvgIpc) is 2.55. The highest BCUT2D eigenvalue weighted by atomic mass is 79.9. The minimum atomic E-state index is -0.413. The summed E-state index contributed by atoms with van der Waals surface area (Å²) in [4.78, 5) is 12.4. The molecule has 0 atom stereocenters. The third-order valence-electron chi connectivity index (χ3n) is 4.16. The molecule has 0 N–H and O–H groups in total.